The first-order chi connectivity index (χ1) is 7.77. The van der Waals surface area contributed by atoms with Crippen LogP contribution in [0.15, 0.2) is 18.3 Å². The van der Waals surface area contributed by atoms with Crippen LogP contribution in [0.25, 0.3) is 0 Å². The van der Waals surface area contributed by atoms with Gasteiger partial charge in [0, 0.05) is 18.8 Å². The molecule has 0 aliphatic carbocycles. The zero-order chi connectivity index (χ0) is 11.4. The van der Waals surface area contributed by atoms with E-state index in [1.165, 1.54) is 31.5 Å². The smallest absolute Gasteiger partial charge is 0.0603 e. The summed E-state index contributed by atoms with van der Waals surface area (Å²) in [5, 5.41) is 3.51. The van der Waals surface area contributed by atoms with E-state index in [1.54, 1.807) is 0 Å². The summed E-state index contributed by atoms with van der Waals surface area (Å²) in [5.74, 6) is 0. The largest absolute Gasteiger partial charge is 0.382 e. The predicted molar refractivity (Wildman–Crippen MR) is 67.7 cm³/mol. The lowest BCUT2D eigenvalue weighted by Gasteiger charge is -2.32. The Morgan fingerprint density at radius 1 is 1.50 bits per heavy atom. The molecule has 1 saturated heterocycles. The van der Waals surface area contributed by atoms with Gasteiger partial charge in [0.25, 0.3) is 0 Å². The van der Waals surface area contributed by atoms with Crippen LogP contribution in [0.3, 0.4) is 0 Å². The van der Waals surface area contributed by atoms with Gasteiger partial charge >= 0.3 is 0 Å². The van der Waals surface area contributed by atoms with Crippen molar-refractivity contribution in [2.75, 3.05) is 25.5 Å². The van der Waals surface area contributed by atoms with Crippen LogP contribution < -0.4 is 5.32 Å². The van der Waals surface area contributed by atoms with Crippen LogP contribution in [0.5, 0.6) is 0 Å². The van der Waals surface area contributed by atoms with E-state index >= 15 is 0 Å². The molecule has 3 nitrogen and oxygen atoms in total. The molecule has 1 aliphatic rings. The molecule has 88 valence electrons. The molecule has 1 aromatic heterocycles. The van der Waals surface area contributed by atoms with Crippen molar-refractivity contribution in [1.82, 2.24) is 9.88 Å². The first-order valence-electron chi connectivity index (χ1n) is 6.13. The van der Waals surface area contributed by atoms with E-state index in [4.69, 9.17) is 0 Å². The zero-order valence-electron chi connectivity index (χ0n) is 10.2. The summed E-state index contributed by atoms with van der Waals surface area (Å²) in [6.45, 7) is 4.31. The van der Waals surface area contributed by atoms with E-state index in [0.29, 0.717) is 6.04 Å². The summed E-state index contributed by atoms with van der Waals surface area (Å²) in [5.41, 5.74) is 2.25. The van der Waals surface area contributed by atoms with Crippen LogP contribution in [0.1, 0.15) is 25.0 Å². The highest BCUT2D eigenvalue weighted by Gasteiger charge is 2.18. The number of aryl methyl sites for hydroxylation is 1. The highest BCUT2D eigenvalue weighted by Crippen LogP contribution is 2.17. The summed E-state index contributed by atoms with van der Waals surface area (Å²) >= 11 is 0. The number of hydrogen-bond donors (Lipinski definition) is 1. The number of nitrogens with one attached hydrogen (secondary N) is 1. The summed E-state index contributed by atoms with van der Waals surface area (Å²) in [6, 6.07) is 4.76. The number of aromatic nitrogens is 1. The molecule has 2 rings (SSSR count). The second-order valence-electron chi connectivity index (χ2n) is 4.65. The first-order valence-corrected chi connectivity index (χ1v) is 6.13. The fraction of sp³-hybridized carbons (Fsp3) is 0.615. The van der Waals surface area contributed by atoms with Crippen molar-refractivity contribution in [1.29, 1.82) is 0 Å². The lowest BCUT2D eigenvalue weighted by atomic mass is 10.0. The Morgan fingerprint density at radius 2 is 2.38 bits per heavy atom. The Morgan fingerprint density at radius 3 is 3.12 bits per heavy atom. The van der Waals surface area contributed by atoms with Crippen LogP contribution in [0.2, 0.25) is 0 Å². The Hall–Kier alpha value is -1.09. The number of hydrogen-bond acceptors (Lipinski definition) is 3. The SMILES string of the molecule is Cc1ncccc1NCC1CCCCN1C. The fourth-order valence-corrected chi connectivity index (χ4v) is 2.30. The highest BCUT2D eigenvalue weighted by molar-refractivity contribution is 5.46. The highest BCUT2D eigenvalue weighted by atomic mass is 15.2. The van der Waals surface area contributed by atoms with Crippen molar-refractivity contribution >= 4 is 5.69 Å². The van der Waals surface area contributed by atoms with Gasteiger partial charge < -0.3 is 10.2 Å². The monoisotopic (exact) mass is 219 g/mol. The maximum Gasteiger partial charge on any atom is 0.0603 e. The Kier molecular flexibility index (Phi) is 3.78. The number of likely N-dealkylation sites (N-methyl/N-ethyl adjacent to an activating group) is 1. The van der Waals surface area contributed by atoms with Gasteiger partial charge in [-0.15, -0.1) is 0 Å². The van der Waals surface area contributed by atoms with Crippen molar-refractivity contribution in [3.8, 4) is 0 Å². The molecule has 1 fully saturated rings. The third-order valence-electron chi connectivity index (χ3n) is 3.46. The van der Waals surface area contributed by atoms with Crippen molar-refractivity contribution in [2.45, 2.75) is 32.2 Å². The molecule has 0 aromatic carbocycles. The normalized spacial score (nSPS) is 22.0. The standard InChI is InChI=1S/C13H21N3/c1-11-13(7-5-8-14-11)15-10-12-6-3-4-9-16(12)2/h5,7-8,12,15H,3-4,6,9-10H2,1-2H3. The molecular formula is C13H21N3. The summed E-state index contributed by atoms with van der Waals surface area (Å²) in [7, 11) is 2.22. The molecule has 0 radical (unpaired) electrons. The van der Waals surface area contributed by atoms with E-state index in [2.05, 4.69) is 28.3 Å². The molecule has 16 heavy (non-hydrogen) atoms. The van der Waals surface area contributed by atoms with Crippen LogP contribution >= 0.6 is 0 Å². The first kappa shape index (κ1) is 11.4. The maximum absolute atomic E-state index is 4.29. The van der Waals surface area contributed by atoms with Crippen molar-refractivity contribution in [2.24, 2.45) is 0 Å². The topological polar surface area (TPSA) is 28.2 Å². The average molecular weight is 219 g/mol. The Labute approximate surface area is 97.9 Å². The molecule has 1 aliphatic heterocycles. The second kappa shape index (κ2) is 5.30. The summed E-state index contributed by atoms with van der Waals surface area (Å²) in [4.78, 5) is 6.75. The molecular weight excluding hydrogens is 198 g/mol. The number of likely N-dealkylation sites (tertiary alicyclic amines) is 1. The maximum atomic E-state index is 4.29. The number of nitrogens with zero attached hydrogens (tertiary/aromatic N) is 2. The number of rotatable bonds is 3. The summed E-state index contributed by atoms with van der Waals surface area (Å²) in [6.07, 6.45) is 5.86. The molecule has 1 aromatic rings. The molecule has 0 bridgehead atoms. The Bertz CT molecular complexity index is 338. The van der Waals surface area contributed by atoms with Crippen LogP contribution in [-0.4, -0.2) is 36.1 Å². The minimum Gasteiger partial charge on any atom is -0.382 e. The molecule has 1 atom stereocenters. The van der Waals surface area contributed by atoms with Crippen LogP contribution in [-0.2, 0) is 0 Å². The van der Waals surface area contributed by atoms with E-state index in [-0.39, 0.29) is 0 Å². The number of piperidine rings is 1. The van der Waals surface area contributed by atoms with E-state index < -0.39 is 0 Å². The molecule has 3 heteroatoms. The minimum absolute atomic E-state index is 0.674. The van der Waals surface area contributed by atoms with Gasteiger partial charge in [0.15, 0.2) is 0 Å². The van der Waals surface area contributed by atoms with Crippen molar-refractivity contribution < 1.29 is 0 Å². The molecule has 0 saturated carbocycles. The predicted octanol–water partition coefficient (Wildman–Crippen LogP) is 2.29. The lowest BCUT2D eigenvalue weighted by Crippen LogP contribution is -2.40. The Balaban J connectivity index is 1.89. The molecule has 2 heterocycles. The van der Waals surface area contributed by atoms with Gasteiger partial charge in [-0.2, -0.15) is 0 Å². The van der Waals surface area contributed by atoms with E-state index in [0.717, 1.165) is 12.2 Å². The van der Waals surface area contributed by atoms with E-state index in [1.807, 2.05) is 19.2 Å². The van der Waals surface area contributed by atoms with Gasteiger partial charge in [0.2, 0.25) is 0 Å². The third kappa shape index (κ3) is 2.73. The number of pyridine rings is 1. The van der Waals surface area contributed by atoms with Gasteiger partial charge in [0.1, 0.15) is 0 Å². The van der Waals surface area contributed by atoms with Gasteiger partial charge in [-0.05, 0) is 45.5 Å². The zero-order valence-corrected chi connectivity index (χ0v) is 10.2. The lowest BCUT2D eigenvalue weighted by molar-refractivity contribution is 0.194. The molecule has 0 amide bonds. The van der Waals surface area contributed by atoms with Crippen molar-refractivity contribution in [3.05, 3.63) is 24.0 Å². The molecule has 0 spiro atoms. The molecule has 1 unspecified atom stereocenters. The van der Waals surface area contributed by atoms with Gasteiger partial charge in [-0.3, -0.25) is 4.98 Å². The van der Waals surface area contributed by atoms with Gasteiger partial charge in [0.05, 0.1) is 11.4 Å². The summed E-state index contributed by atoms with van der Waals surface area (Å²) < 4.78 is 0. The third-order valence-corrected chi connectivity index (χ3v) is 3.46. The second-order valence-corrected chi connectivity index (χ2v) is 4.65. The van der Waals surface area contributed by atoms with Gasteiger partial charge in [-0.1, -0.05) is 6.42 Å². The quantitative estimate of drug-likeness (QED) is 0.845. The minimum atomic E-state index is 0.674. The average Bonchev–Trinajstić information content (AvgIpc) is 2.30. The van der Waals surface area contributed by atoms with E-state index in [9.17, 15) is 0 Å². The van der Waals surface area contributed by atoms with Gasteiger partial charge in [-0.25, -0.2) is 0 Å². The van der Waals surface area contributed by atoms with Crippen LogP contribution in [0.4, 0.5) is 5.69 Å². The molecule has 1 N–H and O–H groups in total. The number of anilines is 1. The fourth-order valence-electron chi connectivity index (χ4n) is 2.30. The van der Waals surface area contributed by atoms with Crippen LogP contribution in [0, 0.1) is 6.92 Å². The van der Waals surface area contributed by atoms with Crippen molar-refractivity contribution in [3.63, 3.8) is 0 Å².